The van der Waals surface area contributed by atoms with Gasteiger partial charge >= 0.3 is 0 Å². The number of hydrogen-bond acceptors (Lipinski definition) is 3. The molecule has 2 aromatic heterocycles. The topological polar surface area (TPSA) is 61.9 Å². The van der Waals surface area contributed by atoms with E-state index in [-0.39, 0.29) is 11.8 Å². The van der Waals surface area contributed by atoms with Crippen molar-refractivity contribution in [3.05, 3.63) is 47.0 Å². The Morgan fingerprint density at radius 2 is 2.00 bits per heavy atom. The average molecular weight is 272 g/mol. The van der Waals surface area contributed by atoms with Crippen LogP contribution in [0.1, 0.15) is 47.1 Å². The van der Waals surface area contributed by atoms with Crippen molar-refractivity contribution in [1.82, 2.24) is 20.1 Å². The average Bonchev–Trinajstić information content (AvgIpc) is 2.81. The number of aryl methyl sites for hydroxylation is 1. The fourth-order valence-electron chi connectivity index (χ4n) is 2.16. The smallest absolute Gasteiger partial charge is 0.257 e. The van der Waals surface area contributed by atoms with Crippen LogP contribution in [0.4, 0.5) is 0 Å². The third kappa shape index (κ3) is 2.87. The highest BCUT2D eigenvalue weighted by Gasteiger charge is 2.22. The Labute approximate surface area is 119 Å². The highest BCUT2D eigenvalue weighted by atomic mass is 16.2. The third-order valence-corrected chi connectivity index (χ3v) is 3.25. The molecule has 20 heavy (non-hydrogen) atoms. The van der Waals surface area contributed by atoms with Gasteiger partial charge in [-0.05, 0) is 30.5 Å². The molecule has 106 valence electrons. The molecule has 0 aliphatic heterocycles. The first-order chi connectivity index (χ1) is 9.50. The molecule has 0 saturated heterocycles. The normalized spacial score (nSPS) is 10.8. The van der Waals surface area contributed by atoms with E-state index in [1.807, 2.05) is 32.9 Å². The van der Waals surface area contributed by atoms with Gasteiger partial charge in [-0.3, -0.25) is 14.9 Å². The van der Waals surface area contributed by atoms with E-state index >= 15 is 0 Å². The van der Waals surface area contributed by atoms with Gasteiger partial charge in [-0.25, -0.2) is 0 Å². The Balaban J connectivity index is 2.21. The Morgan fingerprint density at radius 1 is 1.35 bits per heavy atom. The number of pyridine rings is 1. The Kier molecular flexibility index (Phi) is 4.17. The Morgan fingerprint density at radius 3 is 2.60 bits per heavy atom. The molecule has 0 fully saturated rings. The monoisotopic (exact) mass is 272 g/mol. The molecular weight excluding hydrogens is 252 g/mol. The molecule has 0 bridgehead atoms. The number of carbonyl (C=O) groups excluding carboxylic acids is 1. The molecule has 0 atom stereocenters. The summed E-state index contributed by atoms with van der Waals surface area (Å²) in [6, 6.07) is 3.82. The van der Waals surface area contributed by atoms with Crippen LogP contribution in [0, 0.1) is 6.92 Å². The van der Waals surface area contributed by atoms with Crippen LogP contribution in [0.3, 0.4) is 0 Å². The number of rotatable bonds is 4. The zero-order valence-electron chi connectivity index (χ0n) is 12.3. The number of aromatic nitrogens is 3. The van der Waals surface area contributed by atoms with Gasteiger partial charge in [0.1, 0.15) is 0 Å². The van der Waals surface area contributed by atoms with Crippen molar-refractivity contribution in [1.29, 1.82) is 0 Å². The maximum Gasteiger partial charge on any atom is 0.257 e. The number of nitrogens with one attached hydrogen (secondary N) is 1. The zero-order chi connectivity index (χ0) is 14.7. The van der Waals surface area contributed by atoms with Crippen LogP contribution in [0.15, 0.2) is 24.5 Å². The Hall–Kier alpha value is -2.17. The van der Waals surface area contributed by atoms with E-state index in [9.17, 15) is 4.79 Å². The summed E-state index contributed by atoms with van der Waals surface area (Å²) in [6.07, 6.45) is 3.46. The van der Waals surface area contributed by atoms with Crippen molar-refractivity contribution in [2.75, 3.05) is 7.05 Å². The molecular formula is C15H20N4O. The first-order valence-corrected chi connectivity index (χ1v) is 6.70. The summed E-state index contributed by atoms with van der Waals surface area (Å²) < 4.78 is 0. The lowest BCUT2D eigenvalue weighted by Gasteiger charge is -2.18. The second-order valence-electron chi connectivity index (χ2n) is 5.28. The zero-order valence-corrected chi connectivity index (χ0v) is 12.3. The number of nitrogens with zero attached hydrogens (tertiary/aromatic N) is 3. The van der Waals surface area contributed by atoms with Crippen molar-refractivity contribution < 1.29 is 4.79 Å². The number of carbonyl (C=O) groups is 1. The van der Waals surface area contributed by atoms with Crippen molar-refractivity contribution in [3.63, 3.8) is 0 Å². The predicted molar refractivity (Wildman–Crippen MR) is 77.4 cm³/mol. The lowest BCUT2D eigenvalue weighted by Crippen LogP contribution is -2.27. The fraction of sp³-hybridized carbons (Fsp3) is 0.400. The van der Waals surface area contributed by atoms with Gasteiger partial charge in [-0.15, -0.1) is 0 Å². The van der Waals surface area contributed by atoms with Crippen LogP contribution in [0.5, 0.6) is 0 Å². The van der Waals surface area contributed by atoms with Crippen molar-refractivity contribution in [2.45, 2.75) is 33.2 Å². The second kappa shape index (κ2) is 5.86. The van der Waals surface area contributed by atoms with Crippen LogP contribution in [-0.2, 0) is 6.54 Å². The van der Waals surface area contributed by atoms with E-state index in [2.05, 4.69) is 15.2 Å². The van der Waals surface area contributed by atoms with Crippen LogP contribution < -0.4 is 0 Å². The van der Waals surface area contributed by atoms with Crippen LogP contribution in [0.2, 0.25) is 0 Å². The van der Waals surface area contributed by atoms with Gasteiger partial charge in [0.05, 0.1) is 11.3 Å². The summed E-state index contributed by atoms with van der Waals surface area (Å²) in [4.78, 5) is 18.3. The van der Waals surface area contributed by atoms with Crippen LogP contribution in [0.25, 0.3) is 0 Å². The van der Waals surface area contributed by atoms with E-state index in [0.717, 1.165) is 17.0 Å². The highest BCUT2D eigenvalue weighted by molar-refractivity contribution is 5.96. The van der Waals surface area contributed by atoms with Crippen molar-refractivity contribution in [2.24, 2.45) is 0 Å². The number of aromatic amines is 1. The standard InChI is InChI=1S/C15H20N4O/c1-10(2)14-13(11(3)17-18-14)15(20)19(4)9-12-5-7-16-8-6-12/h5-8,10H,9H2,1-4H3,(H,17,18). The molecule has 2 rings (SSSR count). The SMILES string of the molecule is Cc1[nH]nc(C(C)C)c1C(=O)N(C)Cc1ccncc1. The molecule has 0 aliphatic carbocycles. The largest absolute Gasteiger partial charge is 0.337 e. The summed E-state index contributed by atoms with van der Waals surface area (Å²) in [6.45, 7) is 6.51. The molecule has 5 nitrogen and oxygen atoms in total. The summed E-state index contributed by atoms with van der Waals surface area (Å²) in [5, 5.41) is 7.15. The molecule has 1 N–H and O–H groups in total. The number of hydrogen-bond donors (Lipinski definition) is 1. The maximum absolute atomic E-state index is 12.6. The van der Waals surface area contributed by atoms with Gasteiger partial charge in [0.15, 0.2) is 0 Å². The van der Waals surface area contributed by atoms with Crippen molar-refractivity contribution in [3.8, 4) is 0 Å². The fourth-order valence-corrected chi connectivity index (χ4v) is 2.16. The van der Waals surface area contributed by atoms with Crippen molar-refractivity contribution >= 4 is 5.91 Å². The number of H-pyrrole nitrogens is 1. The molecule has 2 aromatic rings. The van der Waals surface area contributed by atoms with Crippen LogP contribution >= 0.6 is 0 Å². The van der Waals surface area contributed by atoms with E-state index in [0.29, 0.717) is 12.1 Å². The molecule has 1 amide bonds. The molecule has 0 saturated carbocycles. The predicted octanol–water partition coefficient (Wildman–Crippen LogP) is 2.51. The molecule has 0 unspecified atom stereocenters. The first-order valence-electron chi connectivity index (χ1n) is 6.70. The van der Waals surface area contributed by atoms with Gasteiger partial charge in [0.2, 0.25) is 0 Å². The maximum atomic E-state index is 12.6. The van der Waals surface area contributed by atoms with E-state index in [4.69, 9.17) is 0 Å². The van der Waals surface area contributed by atoms with Gasteiger partial charge in [0.25, 0.3) is 5.91 Å². The molecule has 0 radical (unpaired) electrons. The minimum Gasteiger partial charge on any atom is -0.337 e. The lowest BCUT2D eigenvalue weighted by molar-refractivity contribution is 0.0783. The molecule has 5 heteroatoms. The van der Waals surface area contributed by atoms with E-state index in [1.54, 1.807) is 24.3 Å². The summed E-state index contributed by atoms with van der Waals surface area (Å²) in [5.41, 5.74) is 3.40. The number of amides is 1. The van der Waals surface area contributed by atoms with Gasteiger partial charge < -0.3 is 4.90 Å². The summed E-state index contributed by atoms with van der Waals surface area (Å²) in [5.74, 6) is 0.213. The third-order valence-electron chi connectivity index (χ3n) is 3.25. The van der Waals surface area contributed by atoms with Gasteiger partial charge in [-0.2, -0.15) is 5.10 Å². The molecule has 0 spiro atoms. The molecule has 2 heterocycles. The van der Waals surface area contributed by atoms with Gasteiger partial charge in [-0.1, -0.05) is 13.8 Å². The quantitative estimate of drug-likeness (QED) is 0.930. The van der Waals surface area contributed by atoms with Gasteiger partial charge in [0, 0.05) is 31.7 Å². The van der Waals surface area contributed by atoms with E-state index < -0.39 is 0 Å². The molecule has 0 aliphatic rings. The minimum atomic E-state index is -0.00300. The minimum absolute atomic E-state index is 0.00300. The lowest BCUT2D eigenvalue weighted by atomic mass is 10.0. The first kappa shape index (κ1) is 14.2. The van der Waals surface area contributed by atoms with Crippen LogP contribution in [-0.4, -0.2) is 33.0 Å². The molecule has 0 aromatic carbocycles. The highest BCUT2D eigenvalue weighted by Crippen LogP contribution is 2.21. The Bertz CT molecular complexity index is 589. The second-order valence-corrected chi connectivity index (χ2v) is 5.28. The summed E-state index contributed by atoms with van der Waals surface area (Å²) >= 11 is 0. The summed E-state index contributed by atoms with van der Waals surface area (Å²) in [7, 11) is 1.80. The van der Waals surface area contributed by atoms with E-state index in [1.165, 1.54) is 0 Å².